The SMILES string of the molecule is O=C(Oc1ccccc1N[C@@H](Cc1ccc(O)cc1)C(=O)O)c1ccccc1. The zero-order chi connectivity index (χ0) is 19.9. The largest absolute Gasteiger partial charge is 0.508 e. The van der Waals surface area contributed by atoms with E-state index in [-0.39, 0.29) is 17.9 Å². The number of hydrogen-bond acceptors (Lipinski definition) is 5. The van der Waals surface area contributed by atoms with Crippen LogP contribution in [-0.4, -0.2) is 28.2 Å². The molecule has 0 saturated carbocycles. The molecule has 0 saturated heterocycles. The number of esters is 1. The molecule has 0 aliphatic carbocycles. The molecule has 3 aromatic rings. The summed E-state index contributed by atoms with van der Waals surface area (Å²) in [6.07, 6.45) is 0.191. The van der Waals surface area contributed by atoms with E-state index < -0.39 is 18.0 Å². The van der Waals surface area contributed by atoms with E-state index in [0.29, 0.717) is 11.3 Å². The van der Waals surface area contributed by atoms with E-state index in [1.165, 1.54) is 12.1 Å². The third-order valence-corrected chi connectivity index (χ3v) is 4.10. The van der Waals surface area contributed by atoms with Crippen LogP contribution in [0.1, 0.15) is 15.9 Å². The summed E-state index contributed by atoms with van der Waals surface area (Å²) in [7, 11) is 0. The van der Waals surface area contributed by atoms with Crippen LogP contribution in [0.4, 0.5) is 5.69 Å². The van der Waals surface area contributed by atoms with Crippen molar-refractivity contribution >= 4 is 17.6 Å². The number of para-hydroxylation sites is 2. The van der Waals surface area contributed by atoms with Gasteiger partial charge in [0.1, 0.15) is 11.8 Å². The summed E-state index contributed by atoms with van der Waals surface area (Å²) < 4.78 is 5.45. The Labute approximate surface area is 162 Å². The molecule has 0 radical (unpaired) electrons. The fourth-order valence-corrected chi connectivity index (χ4v) is 2.66. The van der Waals surface area contributed by atoms with Gasteiger partial charge >= 0.3 is 11.9 Å². The predicted octanol–water partition coefficient (Wildman–Crippen LogP) is 3.72. The normalized spacial score (nSPS) is 11.4. The van der Waals surface area contributed by atoms with Gasteiger partial charge in [-0.05, 0) is 42.0 Å². The van der Waals surface area contributed by atoms with E-state index in [1.807, 2.05) is 0 Å². The van der Waals surface area contributed by atoms with Crippen LogP contribution in [0.5, 0.6) is 11.5 Å². The number of carboxylic acids is 1. The summed E-state index contributed by atoms with van der Waals surface area (Å²) in [5.74, 6) is -1.22. The van der Waals surface area contributed by atoms with Gasteiger partial charge in [-0.2, -0.15) is 0 Å². The standard InChI is InChI=1S/C22H19NO5/c24-17-12-10-15(11-13-17)14-19(21(25)26)23-18-8-4-5-9-20(18)28-22(27)16-6-2-1-3-7-16/h1-13,19,23-24H,14H2,(H,25,26)/t19-/m0/s1. The van der Waals surface area contributed by atoms with Crippen LogP contribution in [0.25, 0.3) is 0 Å². The van der Waals surface area contributed by atoms with E-state index >= 15 is 0 Å². The highest BCUT2D eigenvalue weighted by Gasteiger charge is 2.20. The maximum absolute atomic E-state index is 12.3. The summed E-state index contributed by atoms with van der Waals surface area (Å²) in [5.41, 5.74) is 1.55. The second kappa shape index (κ2) is 8.73. The molecule has 3 rings (SSSR count). The van der Waals surface area contributed by atoms with Gasteiger partial charge in [0.05, 0.1) is 11.3 Å². The minimum Gasteiger partial charge on any atom is -0.508 e. The Balaban J connectivity index is 1.77. The van der Waals surface area contributed by atoms with Crippen molar-refractivity contribution in [2.75, 3.05) is 5.32 Å². The minimum absolute atomic E-state index is 0.113. The van der Waals surface area contributed by atoms with Gasteiger partial charge in [0.25, 0.3) is 0 Å². The lowest BCUT2D eigenvalue weighted by Gasteiger charge is -2.18. The van der Waals surface area contributed by atoms with Crippen LogP contribution >= 0.6 is 0 Å². The summed E-state index contributed by atoms with van der Waals surface area (Å²) in [4.78, 5) is 24.0. The Morgan fingerprint density at radius 1 is 0.893 bits per heavy atom. The molecule has 0 aliphatic heterocycles. The molecule has 142 valence electrons. The quantitative estimate of drug-likeness (QED) is 0.429. The zero-order valence-electron chi connectivity index (χ0n) is 14.9. The third-order valence-electron chi connectivity index (χ3n) is 4.10. The lowest BCUT2D eigenvalue weighted by molar-refractivity contribution is -0.137. The van der Waals surface area contributed by atoms with Gasteiger partial charge in [-0.3, -0.25) is 0 Å². The number of rotatable bonds is 7. The lowest BCUT2D eigenvalue weighted by atomic mass is 10.1. The van der Waals surface area contributed by atoms with Crippen LogP contribution in [0.2, 0.25) is 0 Å². The molecule has 28 heavy (non-hydrogen) atoms. The van der Waals surface area contributed by atoms with E-state index in [9.17, 15) is 19.8 Å². The van der Waals surface area contributed by atoms with Gasteiger partial charge < -0.3 is 20.3 Å². The van der Waals surface area contributed by atoms with Crippen molar-refractivity contribution in [1.29, 1.82) is 0 Å². The number of aromatic hydroxyl groups is 1. The van der Waals surface area contributed by atoms with Crippen molar-refractivity contribution < 1.29 is 24.5 Å². The van der Waals surface area contributed by atoms with Crippen molar-refractivity contribution in [3.63, 3.8) is 0 Å². The van der Waals surface area contributed by atoms with Gasteiger partial charge in [0.15, 0.2) is 5.75 Å². The first-order chi connectivity index (χ1) is 13.5. The summed E-state index contributed by atoms with van der Waals surface area (Å²) >= 11 is 0. The predicted molar refractivity (Wildman–Crippen MR) is 105 cm³/mol. The Morgan fingerprint density at radius 2 is 1.54 bits per heavy atom. The number of ether oxygens (including phenoxy) is 1. The van der Waals surface area contributed by atoms with E-state index in [4.69, 9.17) is 4.74 Å². The van der Waals surface area contributed by atoms with E-state index in [0.717, 1.165) is 5.56 Å². The molecular weight excluding hydrogens is 358 g/mol. The van der Waals surface area contributed by atoms with Gasteiger partial charge in [0, 0.05) is 6.42 Å². The Bertz CT molecular complexity index is 954. The number of phenolic OH excluding ortho intramolecular Hbond substituents is 1. The molecule has 6 heteroatoms. The minimum atomic E-state index is -1.04. The average Bonchev–Trinajstić information content (AvgIpc) is 2.71. The summed E-state index contributed by atoms with van der Waals surface area (Å²) in [6, 6.07) is 20.6. The van der Waals surface area contributed by atoms with Crippen LogP contribution in [0.3, 0.4) is 0 Å². The maximum atomic E-state index is 12.3. The first-order valence-electron chi connectivity index (χ1n) is 8.66. The number of hydrogen-bond donors (Lipinski definition) is 3. The number of anilines is 1. The van der Waals surface area contributed by atoms with Gasteiger partial charge in [-0.15, -0.1) is 0 Å². The molecule has 0 unspecified atom stereocenters. The first-order valence-corrected chi connectivity index (χ1v) is 8.66. The van der Waals surface area contributed by atoms with Crippen molar-refractivity contribution in [1.82, 2.24) is 0 Å². The highest BCUT2D eigenvalue weighted by Crippen LogP contribution is 2.26. The Hall–Kier alpha value is -3.80. The molecule has 0 heterocycles. The smallest absolute Gasteiger partial charge is 0.343 e. The number of phenols is 1. The monoisotopic (exact) mass is 377 g/mol. The topological polar surface area (TPSA) is 95.9 Å². The second-order valence-electron chi connectivity index (χ2n) is 6.16. The molecule has 0 aliphatic rings. The van der Waals surface area contributed by atoms with Gasteiger partial charge in [0.2, 0.25) is 0 Å². The molecule has 6 nitrogen and oxygen atoms in total. The molecular formula is C22H19NO5. The van der Waals surface area contributed by atoms with Gasteiger partial charge in [-0.25, -0.2) is 9.59 Å². The van der Waals surface area contributed by atoms with Crippen molar-refractivity contribution in [2.24, 2.45) is 0 Å². The maximum Gasteiger partial charge on any atom is 0.343 e. The highest BCUT2D eigenvalue weighted by molar-refractivity contribution is 5.92. The molecule has 0 amide bonds. The van der Waals surface area contributed by atoms with Crippen LogP contribution < -0.4 is 10.1 Å². The number of aliphatic carboxylic acids is 1. The number of carbonyl (C=O) groups excluding carboxylic acids is 1. The molecule has 0 bridgehead atoms. The van der Waals surface area contributed by atoms with Crippen molar-refractivity contribution in [3.8, 4) is 11.5 Å². The molecule has 0 fully saturated rings. The van der Waals surface area contributed by atoms with Crippen molar-refractivity contribution in [3.05, 3.63) is 90.0 Å². The number of nitrogens with one attached hydrogen (secondary N) is 1. The third kappa shape index (κ3) is 4.88. The number of benzene rings is 3. The average molecular weight is 377 g/mol. The highest BCUT2D eigenvalue weighted by atomic mass is 16.5. The fraction of sp³-hybridized carbons (Fsp3) is 0.0909. The Morgan fingerprint density at radius 3 is 2.21 bits per heavy atom. The van der Waals surface area contributed by atoms with Crippen LogP contribution in [0.15, 0.2) is 78.9 Å². The molecule has 3 aromatic carbocycles. The van der Waals surface area contributed by atoms with Crippen molar-refractivity contribution in [2.45, 2.75) is 12.5 Å². The van der Waals surface area contributed by atoms with E-state index in [2.05, 4.69) is 5.32 Å². The van der Waals surface area contributed by atoms with Crippen LogP contribution in [-0.2, 0) is 11.2 Å². The van der Waals surface area contributed by atoms with Crippen LogP contribution in [0, 0.1) is 0 Å². The molecule has 0 aromatic heterocycles. The zero-order valence-corrected chi connectivity index (χ0v) is 14.9. The molecule has 0 spiro atoms. The van der Waals surface area contributed by atoms with Gasteiger partial charge in [-0.1, -0.05) is 42.5 Å². The summed E-state index contributed by atoms with van der Waals surface area (Å²) in [5, 5.41) is 21.9. The second-order valence-corrected chi connectivity index (χ2v) is 6.16. The lowest BCUT2D eigenvalue weighted by Crippen LogP contribution is -2.31. The molecule has 1 atom stereocenters. The number of carboxylic acid groups (broad SMARTS) is 1. The molecule has 3 N–H and O–H groups in total. The first kappa shape index (κ1) is 19.0. The Kier molecular flexibility index (Phi) is 5.91. The van der Waals surface area contributed by atoms with E-state index in [1.54, 1.807) is 66.7 Å². The number of carbonyl (C=O) groups is 2. The summed E-state index contributed by atoms with van der Waals surface area (Å²) in [6.45, 7) is 0. The fourth-order valence-electron chi connectivity index (χ4n) is 2.66.